The van der Waals surface area contributed by atoms with Crippen molar-refractivity contribution in [1.29, 1.82) is 0 Å². The number of pyridine rings is 2. The molecule has 0 saturated carbocycles. The summed E-state index contributed by atoms with van der Waals surface area (Å²) in [7, 11) is 0. The monoisotopic (exact) mass is 301 g/mol. The van der Waals surface area contributed by atoms with Gasteiger partial charge in [-0.1, -0.05) is 0 Å². The van der Waals surface area contributed by atoms with Gasteiger partial charge in [0.05, 0.1) is 0 Å². The summed E-state index contributed by atoms with van der Waals surface area (Å²) in [4.78, 5) is 11.1. The number of aromatic nitrogens is 5. The Labute approximate surface area is 122 Å². The van der Waals surface area contributed by atoms with E-state index in [4.69, 9.17) is 0 Å². The molecule has 0 amide bonds. The zero-order valence-electron chi connectivity index (χ0n) is 11.1. The first-order valence-corrected chi connectivity index (χ1v) is 6.43. The summed E-state index contributed by atoms with van der Waals surface area (Å²) in [6, 6.07) is 6.87. The molecule has 0 unspecified atom stereocenters. The molecule has 0 atom stereocenters. The molecule has 4 heterocycles. The molecule has 0 fully saturated rings. The topological polar surface area (TPSA) is 68.1 Å². The predicted molar refractivity (Wildman–Crippen MR) is 74.7 cm³/mol. The van der Waals surface area contributed by atoms with Crippen LogP contribution in [0.25, 0.3) is 27.8 Å². The molecule has 0 aliphatic rings. The van der Waals surface area contributed by atoms with Crippen LogP contribution in [0.1, 0.15) is 0 Å². The van der Waals surface area contributed by atoms with Gasteiger partial charge in [0.15, 0.2) is 5.65 Å². The van der Waals surface area contributed by atoms with Crippen LogP contribution < -0.4 is 4.74 Å². The Morgan fingerprint density at radius 1 is 1.18 bits per heavy atom. The van der Waals surface area contributed by atoms with E-state index in [1.165, 1.54) is 12.4 Å². The van der Waals surface area contributed by atoms with Gasteiger partial charge in [0.2, 0.25) is 5.88 Å². The number of hydrogen-bond acceptors (Lipinski definition) is 4. The fourth-order valence-corrected chi connectivity index (χ4v) is 2.36. The van der Waals surface area contributed by atoms with E-state index in [9.17, 15) is 8.78 Å². The number of fused-ring (bicyclic) bond motifs is 2. The molecule has 0 spiro atoms. The van der Waals surface area contributed by atoms with Crippen LogP contribution in [0, 0.1) is 0 Å². The van der Waals surface area contributed by atoms with Crippen molar-refractivity contribution in [2.45, 2.75) is 6.61 Å². The van der Waals surface area contributed by atoms with E-state index in [-0.39, 0.29) is 5.88 Å². The summed E-state index contributed by atoms with van der Waals surface area (Å²) < 4.78 is 30.4. The number of nitrogens with zero attached hydrogens (tertiary/aromatic N) is 4. The number of ether oxygens (including phenoxy) is 1. The number of nitrogens with one attached hydrogen (secondary N) is 1. The second kappa shape index (κ2) is 4.76. The quantitative estimate of drug-likeness (QED) is 0.632. The third kappa shape index (κ3) is 2.05. The lowest BCUT2D eigenvalue weighted by Gasteiger charge is -2.03. The Kier molecular flexibility index (Phi) is 2.75. The van der Waals surface area contributed by atoms with Crippen LogP contribution in [0.4, 0.5) is 8.78 Å². The molecular weight excluding hydrogens is 292 g/mol. The molecule has 0 aliphatic carbocycles. The first-order valence-electron chi connectivity index (χ1n) is 6.43. The minimum absolute atomic E-state index is 0.123. The molecule has 0 aromatic carbocycles. The molecular formula is C14H9F2N5O. The number of hydrogen-bond donors (Lipinski definition) is 1. The summed E-state index contributed by atoms with van der Waals surface area (Å²) in [5.41, 5.74) is 3.03. The molecule has 8 heteroatoms. The van der Waals surface area contributed by atoms with Crippen molar-refractivity contribution < 1.29 is 13.5 Å². The van der Waals surface area contributed by atoms with Crippen LogP contribution in [0.5, 0.6) is 5.88 Å². The van der Waals surface area contributed by atoms with Crippen LogP contribution in [0.3, 0.4) is 0 Å². The Balaban J connectivity index is 1.81. The zero-order chi connectivity index (χ0) is 15.1. The van der Waals surface area contributed by atoms with Crippen LogP contribution in [0.15, 0.2) is 43.0 Å². The molecule has 4 aromatic rings. The third-order valence-electron chi connectivity index (χ3n) is 3.31. The Bertz CT molecular complexity index is 962. The molecule has 22 heavy (non-hydrogen) atoms. The van der Waals surface area contributed by atoms with Crippen molar-refractivity contribution in [3.8, 4) is 17.0 Å². The van der Waals surface area contributed by atoms with E-state index in [1.54, 1.807) is 16.8 Å². The van der Waals surface area contributed by atoms with Gasteiger partial charge in [-0.05, 0) is 18.2 Å². The fraction of sp³-hybridized carbons (Fsp3) is 0.0714. The first kappa shape index (κ1) is 12.7. The fourth-order valence-electron chi connectivity index (χ4n) is 2.36. The van der Waals surface area contributed by atoms with Gasteiger partial charge in [-0.25, -0.2) is 9.50 Å². The van der Waals surface area contributed by atoms with Gasteiger partial charge in [0, 0.05) is 35.0 Å². The van der Waals surface area contributed by atoms with Crippen molar-refractivity contribution in [1.82, 2.24) is 24.6 Å². The number of rotatable bonds is 3. The van der Waals surface area contributed by atoms with E-state index in [0.717, 1.165) is 22.2 Å². The van der Waals surface area contributed by atoms with E-state index in [0.29, 0.717) is 5.65 Å². The second-order valence-electron chi connectivity index (χ2n) is 4.61. The normalized spacial score (nSPS) is 11.6. The third-order valence-corrected chi connectivity index (χ3v) is 3.31. The summed E-state index contributed by atoms with van der Waals surface area (Å²) in [6.45, 7) is -2.89. The van der Waals surface area contributed by atoms with Gasteiger partial charge >= 0.3 is 6.61 Å². The van der Waals surface area contributed by atoms with Gasteiger partial charge in [-0.2, -0.15) is 18.9 Å². The van der Waals surface area contributed by atoms with Crippen molar-refractivity contribution in [3.05, 3.63) is 43.0 Å². The molecule has 1 N–H and O–H groups in total. The molecule has 6 nitrogen and oxygen atoms in total. The predicted octanol–water partition coefficient (Wildman–Crippen LogP) is 2.87. The zero-order valence-corrected chi connectivity index (χ0v) is 11.1. The molecule has 0 saturated heterocycles. The van der Waals surface area contributed by atoms with Crippen molar-refractivity contribution in [2.75, 3.05) is 0 Å². The van der Waals surface area contributed by atoms with Crippen molar-refractivity contribution in [2.24, 2.45) is 0 Å². The van der Waals surface area contributed by atoms with Crippen LogP contribution in [-0.4, -0.2) is 31.2 Å². The Hall–Kier alpha value is -3.03. The maximum Gasteiger partial charge on any atom is 0.388 e. The van der Waals surface area contributed by atoms with Gasteiger partial charge in [0.1, 0.15) is 12.0 Å². The number of H-pyrrole nitrogens is 1. The smallest absolute Gasteiger partial charge is 0.388 e. The Morgan fingerprint density at radius 3 is 2.95 bits per heavy atom. The van der Waals surface area contributed by atoms with Crippen molar-refractivity contribution >= 4 is 16.7 Å². The molecule has 0 bridgehead atoms. The average molecular weight is 301 g/mol. The lowest BCUT2D eigenvalue weighted by Crippen LogP contribution is -2.03. The molecule has 4 rings (SSSR count). The summed E-state index contributed by atoms with van der Waals surface area (Å²) in [5, 5.41) is 4.90. The molecule has 110 valence electrons. The number of alkyl halides is 2. The van der Waals surface area contributed by atoms with Crippen LogP contribution in [-0.2, 0) is 0 Å². The van der Waals surface area contributed by atoms with E-state index >= 15 is 0 Å². The highest BCUT2D eigenvalue weighted by Crippen LogP contribution is 2.29. The van der Waals surface area contributed by atoms with Gasteiger partial charge < -0.3 is 9.72 Å². The minimum atomic E-state index is -2.89. The number of aromatic amines is 1. The average Bonchev–Trinajstić information content (AvgIpc) is 3.11. The maximum absolute atomic E-state index is 12.2. The first-order chi connectivity index (χ1) is 10.7. The maximum atomic E-state index is 12.2. The van der Waals surface area contributed by atoms with Crippen LogP contribution >= 0.6 is 0 Å². The Morgan fingerprint density at radius 2 is 2.09 bits per heavy atom. The summed E-state index contributed by atoms with van der Waals surface area (Å²) >= 11 is 0. The van der Waals surface area contributed by atoms with E-state index in [1.807, 2.05) is 18.3 Å². The van der Waals surface area contributed by atoms with E-state index < -0.39 is 6.61 Å². The van der Waals surface area contributed by atoms with Crippen LogP contribution in [0.2, 0.25) is 0 Å². The molecule has 0 aliphatic heterocycles. The van der Waals surface area contributed by atoms with Gasteiger partial charge in [-0.15, -0.1) is 0 Å². The lowest BCUT2D eigenvalue weighted by atomic mass is 10.1. The molecule has 0 radical (unpaired) electrons. The minimum Gasteiger partial charge on any atom is -0.417 e. The highest BCUT2D eigenvalue weighted by Gasteiger charge is 2.11. The van der Waals surface area contributed by atoms with Gasteiger partial charge in [-0.3, -0.25) is 0 Å². The summed E-state index contributed by atoms with van der Waals surface area (Å²) in [5.74, 6) is -0.123. The standard InChI is InChI=1S/C14H9F2N5O/c15-14(16)22-12-4-2-9-10(5-17-13(9)20-12)8-1-3-11-18-7-19-21(11)6-8/h1-7,14H,(H,17,20). The number of halogens is 2. The lowest BCUT2D eigenvalue weighted by molar-refractivity contribution is -0.0526. The van der Waals surface area contributed by atoms with Gasteiger partial charge in [0.25, 0.3) is 0 Å². The largest absolute Gasteiger partial charge is 0.417 e. The molecule has 4 aromatic heterocycles. The van der Waals surface area contributed by atoms with E-state index in [2.05, 4.69) is 24.8 Å². The summed E-state index contributed by atoms with van der Waals surface area (Å²) in [6.07, 6.45) is 5.08. The highest BCUT2D eigenvalue weighted by molar-refractivity contribution is 5.93. The highest BCUT2D eigenvalue weighted by atomic mass is 19.3. The SMILES string of the molecule is FC(F)Oc1ccc2c(-c3ccc4ncnn4c3)c[nH]c2n1. The second-order valence-corrected chi connectivity index (χ2v) is 4.61. The van der Waals surface area contributed by atoms with Crippen molar-refractivity contribution in [3.63, 3.8) is 0 Å².